The highest BCUT2D eigenvalue weighted by molar-refractivity contribution is 5.89. The normalized spacial score (nSPS) is 21.7. The smallest absolute Gasteiger partial charge is 0.415 e. The first-order valence-corrected chi connectivity index (χ1v) is 14.7. The largest absolute Gasteiger partial charge is 0.444 e. The third-order valence-corrected chi connectivity index (χ3v) is 9.24. The SMILES string of the molecule is C=CC(=O)N1CC2(C1)CN(C(CC1CCCC1)c1ccc([C@H](C)Nc3ncc4c(n3)N(CC)C(=O)OC4)cc1)C2. The summed E-state index contributed by atoms with van der Waals surface area (Å²) in [6, 6.07) is 9.42. The zero-order chi connectivity index (χ0) is 27.9. The maximum Gasteiger partial charge on any atom is 0.415 e. The number of ether oxygens (including phenoxy) is 1. The highest BCUT2D eigenvalue weighted by Crippen LogP contribution is 2.46. The van der Waals surface area contributed by atoms with Crippen LogP contribution in [-0.2, 0) is 16.1 Å². The van der Waals surface area contributed by atoms with E-state index in [1.807, 2.05) is 11.8 Å². The molecule has 9 nitrogen and oxygen atoms in total. The summed E-state index contributed by atoms with van der Waals surface area (Å²) in [5.74, 6) is 1.96. The monoisotopic (exact) mass is 544 g/mol. The predicted octanol–water partition coefficient (Wildman–Crippen LogP) is 5.08. The molecular formula is C31H40N6O3. The molecule has 2 atom stereocenters. The van der Waals surface area contributed by atoms with Gasteiger partial charge in [-0.2, -0.15) is 4.98 Å². The summed E-state index contributed by atoms with van der Waals surface area (Å²) >= 11 is 0. The van der Waals surface area contributed by atoms with E-state index in [0.29, 0.717) is 24.4 Å². The van der Waals surface area contributed by atoms with Gasteiger partial charge in [-0.25, -0.2) is 9.78 Å². The van der Waals surface area contributed by atoms with E-state index >= 15 is 0 Å². The number of rotatable bonds is 9. The van der Waals surface area contributed by atoms with E-state index in [4.69, 9.17) is 4.74 Å². The molecule has 1 saturated carbocycles. The Labute approximate surface area is 236 Å². The molecule has 9 heteroatoms. The number of carbonyl (C=O) groups is 2. The maximum absolute atomic E-state index is 12.1. The second kappa shape index (κ2) is 10.8. The molecule has 212 valence electrons. The molecule has 40 heavy (non-hydrogen) atoms. The zero-order valence-electron chi connectivity index (χ0n) is 23.6. The minimum absolute atomic E-state index is 0.00151. The van der Waals surface area contributed by atoms with Crippen molar-refractivity contribution < 1.29 is 14.3 Å². The number of amides is 2. The molecule has 0 bridgehead atoms. The number of fused-ring (bicyclic) bond motifs is 1. The summed E-state index contributed by atoms with van der Waals surface area (Å²) in [4.78, 5) is 39.3. The maximum atomic E-state index is 12.1. The van der Waals surface area contributed by atoms with Crippen molar-refractivity contribution >= 4 is 23.8 Å². The van der Waals surface area contributed by atoms with Crippen LogP contribution in [0.25, 0.3) is 0 Å². The number of benzene rings is 1. The lowest BCUT2D eigenvalue weighted by atomic mass is 9.71. The third kappa shape index (κ3) is 5.07. The van der Waals surface area contributed by atoms with Gasteiger partial charge in [0, 0.05) is 50.4 Å². The van der Waals surface area contributed by atoms with Gasteiger partial charge in [0.25, 0.3) is 0 Å². The van der Waals surface area contributed by atoms with Crippen LogP contribution < -0.4 is 10.2 Å². The van der Waals surface area contributed by atoms with Crippen LogP contribution in [0.2, 0.25) is 0 Å². The van der Waals surface area contributed by atoms with Gasteiger partial charge in [-0.15, -0.1) is 0 Å². The number of nitrogens with zero attached hydrogens (tertiary/aromatic N) is 5. The highest BCUT2D eigenvalue weighted by atomic mass is 16.6. The van der Waals surface area contributed by atoms with Gasteiger partial charge in [-0.3, -0.25) is 14.6 Å². The van der Waals surface area contributed by atoms with Gasteiger partial charge in [-0.05, 0) is 43.4 Å². The lowest BCUT2D eigenvalue weighted by Gasteiger charge is -2.62. The molecule has 2 saturated heterocycles. The van der Waals surface area contributed by atoms with Crippen molar-refractivity contribution in [3.05, 3.63) is 59.8 Å². The summed E-state index contributed by atoms with van der Waals surface area (Å²) in [6.07, 6.45) is 9.37. The van der Waals surface area contributed by atoms with E-state index in [1.54, 1.807) is 6.20 Å². The molecule has 1 aromatic carbocycles. The van der Waals surface area contributed by atoms with Gasteiger partial charge in [0.1, 0.15) is 12.4 Å². The van der Waals surface area contributed by atoms with E-state index in [1.165, 1.54) is 48.6 Å². The quantitative estimate of drug-likeness (QED) is 0.441. The number of likely N-dealkylation sites (tertiary alicyclic amines) is 2. The summed E-state index contributed by atoms with van der Waals surface area (Å²) in [7, 11) is 0. The first kappa shape index (κ1) is 26.7. The van der Waals surface area contributed by atoms with Gasteiger partial charge < -0.3 is 15.0 Å². The number of aromatic nitrogens is 2. The van der Waals surface area contributed by atoms with Gasteiger partial charge in [0.15, 0.2) is 0 Å². The molecule has 1 unspecified atom stereocenters. The standard InChI is InChI=1S/C31H40N6O3/c1-4-27(38)36-19-31(20-36)17-35(18-31)26(14-22-8-6-7-9-22)24-12-10-23(11-13-24)21(3)33-29-32-15-25-16-40-30(39)37(5-2)28(25)34-29/h4,10-13,15,21-22,26H,1,5-9,14,16-20H2,2-3H3,(H,32,33,34)/t21-,26?/m0/s1. The summed E-state index contributed by atoms with van der Waals surface area (Å²) in [5.41, 5.74) is 3.61. The van der Waals surface area contributed by atoms with Crippen LogP contribution in [0.1, 0.15) is 74.7 Å². The number of hydrogen-bond donors (Lipinski definition) is 1. The number of cyclic esters (lactones) is 1. The Balaban J connectivity index is 1.13. The Morgan fingerprint density at radius 2 is 1.88 bits per heavy atom. The van der Waals surface area contributed by atoms with Crippen LogP contribution >= 0.6 is 0 Å². The third-order valence-electron chi connectivity index (χ3n) is 9.24. The zero-order valence-corrected chi connectivity index (χ0v) is 23.6. The number of nitrogens with one attached hydrogen (secondary N) is 1. The van der Waals surface area contributed by atoms with Crippen molar-refractivity contribution in [1.82, 2.24) is 19.8 Å². The van der Waals surface area contributed by atoms with Crippen LogP contribution in [0.4, 0.5) is 16.6 Å². The fraction of sp³-hybridized carbons (Fsp3) is 0.548. The summed E-state index contributed by atoms with van der Waals surface area (Å²) in [5, 5.41) is 3.41. The van der Waals surface area contributed by atoms with Crippen LogP contribution in [0.15, 0.2) is 43.1 Å². The Morgan fingerprint density at radius 1 is 1.18 bits per heavy atom. The molecule has 1 aromatic heterocycles. The second-order valence-corrected chi connectivity index (χ2v) is 12.1. The van der Waals surface area contributed by atoms with Crippen LogP contribution in [0, 0.1) is 11.3 Å². The molecule has 4 aliphatic rings. The van der Waals surface area contributed by atoms with E-state index in [9.17, 15) is 9.59 Å². The second-order valence-electron chi connectivity index (χ2n) is 12.1. The van der Waals surface area contributed by atoms with Crippen molar-refractivity contribution in [3.8, 4) is 0 Å². The molecule has 6 rings (SSSR count). The van der Waals surface area contributed by atoms with Crippen molar-refractivity contribution in [2.24, 2.45) is 11.3 Å². The molecule has 2 amide bonds. The van der Waals surface area contributed by atoms with Gasteiger partial charge in [0.2, 0.25) is 11.9 Å². The van der Waals surface area contributed by atoms with Crippen LogP contribution in [0.3, 0.4) is 0 Å². The fourth-order valence-corrected chi connectivity index (χ4v) is 7.01. The molecule has 1 aliphatic carbocycles. The minimum atomic E-state index is -0.372. The van der Waals surface area contributed by atoms with E-state index < -0.39 is 0 Å². The number of hydrogen-bond acceptors (Lipinski definition) is 7. The van der Waals surface area contributed by atoms with E-state index in [2.05, 4.69) is 58.0 Å². The van der Waals surface area contributed by atoms with Gasteiger partial charge in [-0.1, -0.05) is 56.5 Å². The lowest BCUT2D eigenvalue weighted by Crippen LogP contribution is -2.73. The predicted molar refractivity (Wildman–Crippen MR) is 154 cm³/mol. The Hall–Kier alpha value is -3.46. The van der Waals surface area contributed by atoms with Crippen LogP contribution in [-0.4, -0.2) is 64.5 Å². The number of carbonyl (C=O) groups excluding carboxylic acids is 2. The van der Waals surface area contributed by atoms with Crippen molar-refractivity contribution in [1.29, 1.82) is 0 Å². The van der Waals surface area contributed by atoms with Crippen molar-refractivity contribution in [2.75, 3.05) is 42.9 Å². The lowest BCUT2D eigenvalue weighted by molar-refractivity contribution is -0.159. The average Bonchev–Trinajstić information content (AvgIpc) is 3.44. The van der Waals surface area contributed by atoms with Gasteiger partial charge in [0.05, 0.1) is 11.6 Å². The molecule has 2 aromatic rings. The van der Waals surface area contributed by atoms with Gasteiger partial charge >= 0.3 is 6.09 Å². The Morgan fingerprint density at radius 3 is 2.55 bits per heavy atom. The first-order chi connectivity index (χ1) is 19.4. The number of anilines is 2. The van der Waals surface area contributed by atoms with Crippen molar-refractivity contribution in [3.63, 3.8) is 0 Å². The van der Waals surface area contributed by atoms with E-state index in [0.717, 1.165) is 43.2 Å². The van der Waals surface area contributed by atoms with Crippen LogP contribution in [0.5, 0.6) is 0 Å². The van der Waals surface area contributed by atoms with E-state index in [-0.39, 0.29) is 30.1 Å². The first-order valence-electron chi connectivity index (χ1n) is 14.7. The molecule has 0 radical (unpaired) electrons. The molecule has 1 N–H and O–H groups in total. The molecular weight excluding hydrogens is 504 g/mol. The average molecular weight is 545 g/mol. The molecule has 1 spiro atoms. The topological polar surface area (TPSA) is 90.9 Å². The molecule has 4 heterocycles. The molecule has 3 fully saturated rings. The molecule has 3 aliphatic heterocycles. The summed E-state index contributed by atoms with van der Waals surface area (Å²) < 4.78 is 5.20. The Kier molecular flexibility index (Phi) is 7.25. The Bertz CT molecular complexity index is 1260. The fourth-order valence-electron chi connectivity index (χ4n) is 7.01. The highest BCUT2D eigenvalue weighted by Gasteiger charge is 2.54. The summed E-state index contributed by atoms with van der Waals surface area (Å²) in [6.45, 7) is 12.2. The minimum Gasteiger partial charge on any atom is -0.444 e. The van der Waals surface area contributed by atoms with Crippen molar-refractivity contribution in [2.45, 2.75) is 64.6 Å².